The maximum absolute atomic E-state index is 4.39. The van der Waals surface area contributed by atoms with Gasteiger partial charge in [0.05, 0.1) is 17.9 Å². The number of aromatic nitrogens is 3. The van der Waals surface area contributed by atoms with Crippen LogP contribution < -0.4 is 5.32 Å². The first-order valence-corrected chi connectivity index (χ1v) is 7.00. The maximum atomic E-state index is 4.39. The van der Waals surface area contributed by atoms with Gasteiger partial charge in [-0.05, 0) is 50.4 Å². The van der Waals surface area contributed by atoms with E-state index in [1.807, 2.05) is 18.7 Å². The predicted molar refractivity (Wildman–Crippen MR) is 76.0 cm³/mol. The van der Waals surface area contributed by atoms with Gasteiger partial charge in [0.25, 0.3) is 0 Å². The van der Waals surface area contributed by atoms with Crippen molar-refractivity contribution in [3.05, 3.63) is 41.5 Å². The van der Waals surface area contributed by atoms with Crippen molar-refractivity contribution in [2.24, 2.45) is 13.0 Å². The molecule has 3 rings (SSSR count). The lowest BCUT2D eigenvalue weighted by Crippen LogP contribution is -2.17. The summed E-state index contributed by atoms with van der Waals surface area (Å²) in [5.74, 6) is 0.833. The Morgan fingerprint density at radius 2 is 2.26 bits per heavy atom. The van der Waals surface area contributed by atoms with Crippen LogP contribution in [-0.4, -0.2) is 21.4 Å². The van der Waals surface area contributed by atoms with Crippen molar-refractivity contribution in [3.63, 3.8) is 0 Å². The molecule has 0 amide bonds. The zero-order valence-electron chi connectivity index (χ0n) is 11.9. The van der Waals surface area contributed by atoms with Gasteiger partial charge in [-0.1, -0.05) is 0 Å². The van der Waals surface area contributed by atoms with Crippen LogP contribution in [0.3, 0.4) is 0 Å². The molecular formula is C15H22N4. The molecule has 2 aromatic rings. The lowest BCUT2D eigenvalue weighted by molar-refractivity contribution is 0.527. The van der Waals surface area contributed by atoms with Gasteiger partial charge in [-0.2, -0.15) is 5.10 Å². The molecule has 0 radical (unpaired) electrons. The molecule has 19 heavy (non-hydrogen) atoms. The van der Waals surface area contributed by atoms with Gasteiger partial charge >= 0.3 is 0 Å². The summed E-state index contributed by atoms with van der Waals surface area (Å²) >= 11 is 0. The van der Waals surface area contributed by atoms with E-state index in [9.17, 15) is 0 Å². The smallest absolute Gasteiger partial charge is 0.0639 e. The Balaban J connectivity index is 1.75. The van der Waals surface area contributed by atoms with E-state index in [0.717, 1.165) is 18.2 Å². The van der Waals surface area contributed by atoms with Crippen LogP contribution in [0.1, 0.15) is 35.8 Å². The van der Waals surface area contributed by atoms with Gasteiger partial charge in [-0.3, -0.25) is 4.68 Å². The van der Waals surface area contributed by atoms with Gasteiger partial charge in [0.15, 0.2) is 0 Å². The molecule has 1 N–H and O–H groups in total. The third-order valence-corrected chi connectivity index (χ3v) is 3.98. The summed E-state index contributed by atoms with van der Waals surface area (Å²) < 4.78 is 4.21. The van der Waals surface area contributed by atoms with Gasteiger partial charge in [0, 0.05) is 25.5 Å². The van der Waals surface area contributed by atoms with Crippen molar-refractivity contribution in [2.45, 2.75) is 32.4 Å². The van der Waals surface area contributed by atoms with E-state index < -0.39 is 0 Å². The molecule has 1 atom stereocenters. The molecule has 0 aliphatic heterocycles. The van der Waals surface area contributed by atoms with E-state index >= 15 is 0 Å². The minimum Gasteiger partial charge on any atom is -0.348 e. The first-order chi connectivity index (χ1) is 9.17. The second-order valence-electron chi connectivity index (χ2n) is 5.62. The zero-order valence-corrected chi connectivity index (χ0v) is 11.9. The van der Waals surface area contributed by atoms with Gasteiger partial charge in [-0.15, -0.1) is 0 Å². The van der Waals surface area contributed by atoms with Crippen LogP contribution >= 0.6 is 0 Å². The van der Waals surface area contributed by atoms with Crippen molar-refractivity contribution < 1.29 is 0 Å². The van der Waals surface area contributed by atoms with Gasteiger partial charge in [-0.25, -0.2) is 0 Å². The molecule has 0 bridgehead atoms. The maximum Gasteiger partial charge on any atom is 0.0639 e. The monoisotopic (exact) mass is 258 g/mol. The van der Waals surface area contributed by atoms with Crippen LogP contribution in [0.4, 0.5) is 0 Å². The molecule has 0 aromatic carbocycles. The van der Waals surface area contributed by atoms with Crippen LogP contribution in [0, 0.1) is 12.8 Å². The Morgan fingerprint density at radius 3 is 2.84 bits per heavy atom. The van der Waals surface area contributed by atoms with E-state index in [1.54, 1.807) is 0 Å². The summed E-state index contributed by atoms with van der Waals surface area (Å²) in [6, 6.07) is 4.91. The standard InChI is InChI=1S/C15H22N4/c1-11-8-14(18(3)17-11)10-19-7-6-13(9-19)15(16-2)12-4-5-12/h6-9,12,15-16H,4-5,10H2,1-3H3. The topological polar surface area (TPSA) is 34.8 Å². The highest BCUT2D eigenvalue weighted by atomic mass is 15.3. The second-order valence-corrected chi connectivity index (χ2v) is 5.62. The van der Waals surface area contributed by atoms with Crippen LogP contribution in [0.25, 0.3) is 0 Å². The molecule has 0 spiro atoms. The molecule has 4 heteroatoms. The largest absolute Gasteiger partial charge is 0.348 e. The molecule has 1 aliphatic rings. The average Bonchev–Trinajstić information content (AvgIpc) is 3.01. The van der Waals surface area contributed by atoms with Crippen LogP contribution in [0.2, 0.25) is 0 Å². The third kappa shape index (κ3) is 2.59. The SMILES string of the molecule is CNC(c1ccn(Cc2cc(C)nn2C)c1)C1CC1. The molecule has 4 nitrogen and oxygen atoms in total. The number of aryl methyl sites for hydroxylation is 2. The molecule has 102 valence electrons. The van der Waals surface area contributed by atoms with Gasteiger partial charge in [0.1, 0.15) is 0 Å². The van der Waals surface area contributed by atoms with Crippen molar-refractivity contribution in [1.82, 2.24) is 19.7 Å². The fourth-order valence-corrected chi connectivity index (χ4v) is 2.85. The zero-order chi connectivity index (χ0) is 13.4. The highest BCUT2D eigenvalue weighted by Crippen LogP contribution is 2.40. The van der Waals surface area contributed by atoms with Crippen molar-refractivity contribution in [1.29, 1.82) is 0 Å². The van der Waals surface area contributed by atoms with Gasteiger partial charge < -0.3 is 9.88 Å². The quantitative estimate of drug-likeness (QED) is 0.892. The number of nitrogens with zero attached hydrogens (tertiary/aromatic N) is 3. The van der Waals surface area contributed by atoms with E-state index in [2.05, 4.69) is 46.6 Å². The van der Waals surface area contributed by atoms with Crippen LogP contribution in [-0.2, 0) is 13.6 Å². The number of rotatable bonds is 5. The Labute approximate surface area is 114 Å². The summed E-state index contributed by atoms with van der Waals surface area (Å²) in [5, 5.41) is 7.84. The molecule has 0 saturated heterocycles. The van der Waals surface area contributed by atoms with Gasteiger partial charge in [0.2, 0.25) is 0 Å². The Kier molecular flexibility index (Phi) is 3.19. The summed E-state index contributed by atoms with van der Waals surface area (Å²) in [4.78, 5) is 0. The van der Waals surface area contributed by atoms with Crippen LogP contribution in [0.5, 0.6) is 0 Å². The molecule has 1 saturated carbocycles. The Bertz CT molecular complexity index is 562. The molecule has 1 aliphatic carbocycles. The molecule has 1 unspecified atom stereocenters. The Hall–Kier alpha value is -1.55. The first kappa shape index (κ1) is 12.5. The third-order valence-electron chi connectivity index (χ3n) is 3.98. The average molecular weight is 258 g/mol. The molecule has 2 aromatic heterocycles. The minimum absolute atomic E-state index is 0.523. The van der Waals surface area contributed by atoms with E-state index in [4.69, 9.17) is 0 Å². The van der Waals surface area contributed by atoms with Crippen molar-refractivity contribution in [2.75, 3.05) is 7.05 Å². The van der Waals surface area contributed by atoms with Crippen molar-refractivity contribution in [3.8, 4) is 0 Å². The fourth-order valence-electron chi connectivity index (χ4n) is 2.85. The highest BCUT2D eigenvalue weighted by molar-refractivity contribution is 5.19. The predicted octanol–water partition coefficient (Wildman–Crippen LogP) is 2.25. The summed E-state index contributed by atoms with van der Waals surface area (Å²) in [6.45, 7) is 2.92. The fraction of sp³-hybridized carbons (Fsp3) is 0.533. The summed E-state index contributed by atoms with van der Waals surface area (Å²) in [5.41, 5.74) is 3.73. The number of hydrogen-bond acceptors (Lipinski definition) is 2. The van der Waals surface area contributed by atoms with Crippen LogP contribution in [0.15, 0.2) is 24.5 Å². The second kappa shape index (κ2) is 4.85. The number of nitrogens with one attached hydrogen (secondary N) is 1. The summed E-state index contributed by atoms with van der Waals surface area (Å²) in [6.07, 6.45) is 7.15. The lowest BCUT2D eigenvalue weighted by atomic mass is 10.1. The molecular weight excluding hydrogens is 236 g/mol. The van der Waals surface area contributed by atoms with E-state index in [-0.39, 0.29) is 0 Å². The van der Waals surface area contributed by atoms with E-state index in [0.29, 0.717) is 6.04 Å². The Morgan fingerprint density at radius 1 is 1.47 bits per heavy atom. The lowest BCUT2D eigenvalue weighted by Gasteiger charge is -2.13. The van der Waals surface area contributed by atoms with Crippen molar-refractivity contribution >= 4 is 0 Å². The highest BCUT2D eigenvalue weighted by Gasteiger charge is 2.31. The molecule has 2 heterocycles. The van der Waals surface area contributed by atoms with E-state index in [1.165, 1.54) is 24.1 Å². The minimum atomic E-state index is 0.523. The molecule has 1 fully saturated rings. The normalized spacial score (nSPS) is 16.8. The number of hydrogen-bond donors (Lipinski definition) is 1. The first-order valence-electron chi connectivity index (χ1n) is 7.00. The summed E-state index contributed by atoms with van der Waals surface area (Å²) in [7, 11) is 4.07.